The number of aromatic nitrogens is 3. The minimum Gasteiger partial charge on any atom is -0.338 e. The summed E-state index contributed by atoms with van der Waals surface area (Å²) in [5.74, 6) is 0.121. The molecule has 0 atom stereocenters. The zero-order chi connectivity index (χ0) is 16.7. The summed E-state index contributed by atoms with van der Waals surface area (Å²) in [7, 11) is 0. The fraction of sp³-hybridized carbons (Fsp3) is 0.316. The number of carbonyl (C=O) groups excluding carboxylic acids is 1. The van der Waals surface area contributed by atoms with Gasteiger partial charge in [0.25, 0.3) is 0 Å². The van der Waals surface area contributed by atoms with E-state index in [1.807, 2.05) is 23.4 Å². The third kappa shape index (κ3) is 2.28. The monoisotopic (exact) mass is 320 g/mol. The van der Waals surface area contributed by atoms with Crippen LogP contribution < -0.4 is 0 Å². The second-order valence-electron chi connectivity index (χ2n) is 6.18. The van der Waals surface area contributed by atoms with Crippen molar-refractivity contribution in [3.63, 3.8) is 0 Å². The molecule has 0 saturated heterocycles. The Morgan fingerprint density at radius 2 is 2.17 bits per heavy atom. The highest BCUT2D eigenvalue weighted by molar-refractivity contribution is 5.96. The van der Waals surface area contributed by atoms with Crippen molar-refractivity contribution in [2.24, 2.45) is 0 Å². The molecule has 1 aliphatic rings. The lowest BCUT2D eigenvalue weighted by molar-refractivity contribution is -0.129. The highest BCUT2D eigenvalue weighted by Gasteiger charge is 2.26. The zero-order valence-electron chi connectivity index (χ0n) is 14.0. The second kappa shape index (κ2) is 5.74. The van der Waals surface area contributed by atoms with Gasteiger partial charge in [-0.15, -0.1) is 0 Å². The Labute approximate surface area is 140 Å². The fourth-order valence-corrected chi connectivity index (χ4v) is 3.56. The average molecular weight is 320 g/mol. The van der Waals surface area contributed by atoms with Crippen LogP contribution >= 0.6 is 0 Å². The van der Waals surface area contributed by atoms with Crippen LogP contribution in [0.25, 0.3) is 22.0 Å². The number of amides is 1. The molecule has 5 heteroatoms. The number of pyridine rings is 1. The van der Waals surface area contributed by atoms with Crippen LogP contribution in [0, 0.1) is 0 Å². The number of nitrogens with zero attached hydrogens (tertiary/aromatic N) is 4. The molecule has 0 unspecified atom stereocenters. The molecular weight excluding hydrogens is 300 g/mol. The van der Waals surface area contributed by atoms with E-state index in [-0.39, 0.29) is 5.91 Å². The largest absolute Gasteiger partial charge is 0.338 e. The van der Waals surface area contributed by atoms with Gasteiger partial charge in [0.05, 0.1) is 5.69 Å². The summed E-state index contributed by atoms with van der Waals surface area (Å²) in [6, 6.07) is 8.26. The quantitative estimate of drug-likeness (QED) is 0.729. The maximum absolute atomic E-state index is 11.8. The van der Waals surface area contributed by atoms with E-state index in [4.69, 9.17) is 5.10 Å². The maximum atomic E-state index is 11.8. The average Bonchev–Trinajstić information content (AvgIpc) is 2.99. The molecule has 3 heterocycles. The van der Waals surface area contributed by atoms with Crippen LogP contribution in [0.4, 0.5) is 0 Å². The molecule has 0 radical (unpaired) electrons. The highest BCUT2D eigenvalue weighted by Crippen LogP contribution is 2.34. The molecule has 5 nitrogen and oxygen atoms in total. The van der Waals surface area contributed by atoms with Crippen LogP contribution in [0.5, 0.6) is 0 Å². The van der Waals surface area contributed by atoms with Gasteiger partial charge in [-0.25, -0.2) is 0 Å². The van der Waals surface area contributed by atoms with Crippen LogP contribution in [-0.2, 0) is 24.3 Å². The standard InChI is InChI=1S/C19H20N4O/c1-3-23-18-8-10-22(13(2)24)12-17(18)19(21-23)15-6-4-5-14-7-9-20-11-16(14)15/h4-7,9,11H,3,8,10,12H2,1-2H3. The highest BCUT2D eigenvalue weighted by atomic mass is 16.2. The smallest absolute Gasteiger partial charge is 0.219 e. The topological polar surface area (TPSA) is 51.0 Å². The normalized spacial score (nSPS) is 14.0. The van der Waals surface area contributed by atoms with Crippen LogP contribution in [0.15, 0.2) is 36.7 Å². The molecule has 0 aliphatic carbocycles. The summed E-state index contributed by atoms with van der Waals surface area (Å²) in [5.41, 5.74) is 4.51. The molecule has 0 bridgehead atoms. The van der Waals surface area contributed by atoms with Gasteiger partial charge in [0.1, 0.15) is 0 Å². The van der Waals surface area contributed by atoms with E-state index in [1.54, 1.807) is 6.92 Å². The van der Waals surface area contributed by atoms with Gasteiger partial charge >= 0.3 is 0 Å². The van der Waals surface area contributed by atoms with Gasteiger partial charge in [-0.05, 0) is 18.4 Å². The van der Waals surface area contributed by atoms with E-state index in [2.05, 4.69) is 34.8 Å². The van der Waals surface area contributed by atoms with Crippen molar-refractivity contribution < 1.29 is 4.79 Å². The first-order valence-corrected chi connectivity index (χ1v) is 8.36. The molecule has 0 spiro atoms. The fourth-order valence-electron chi connectivity index (χ4n) is 3.56. The zero-order valence-corrected chi connectivity index (χ0v) is 14.0. The Balaban J connectivity index is 1.92. The van der Waals surface area contributed by atoms with E-state index in [1.165, 1.54) is 11.3 Å². The van der Waals surface area contributed by atoms with Crippen LogP contribution in [0.2, 0.25) is 0 Å². The number of carbonyl (C=O) groups is 1. The summed E-state index contributed by atoms with van der Waals surface area (Å²) in [4.78, 5) is 18.0. The van der Waals surface area contributed by atoms with E-state index < -0.39 is 0 Å². The first kappa shape index (κ1) is 14.9. The van der Waals surface area contributed by atoms with Crippen molar-refractivity contribution in [1.82, 2.24) is 19.7 Å². The first-order chi connectivity index (χ1) is 11.7. The molecule has 1 amide bonds. The lowest BCUT2D eigenvalue weighted by Gasteiger charge is -2.26. The molecule has 3 aromatic rings. The van der Waals surface area contributed by atoms with Crippen molar-refractivity contribution in [3.05, 3.63) is 47.9 Å². The summed E-state index contributed by atoms with van der Waals surface area (Å²) in [6.07, 6.45) is 4.57. The molecule has 0 N–H and O–H groups in total. The number of rotatable bonds is 2. The van der Waals surface area contributed by atoms with Crippen molar-refractivity contribution in [1.29, 1.82) is 0 Å². The molecule has 4 rings (SSSR count). The van der Waals surface area contributed by atoms with Gasteiger partial charge in [0, 0.05) is 67.6 Å². The third-order valence-electron chi connectivity index (χ3n) is 4.82. The number of benzene rings is 1. The second-order valence-corrected chi connectivity index (χ2v) is 6.18. The minimum absolute atomic E-state index is 0.121. The molecule has 0 saturated carbocycles. The Hall–Kier alpha value is -2.69. The summed E-state index contributed by atoms with van der Waals surface area (Å²) in [5, 5.41) is 7.13. The van der Waals surface area contributed by atoms with Crippen molar-refractivity contribution >= 4 is 16.7 Å². The predicted molar refractivity (Wildman–Crippen MR) is 93.4 cm³/mol. The Morgan fingerprint density at radius 1 is 1.29 bits per heavy atom. The molecular formula is C19H20N4O. The summed E-state index contributed by atoms with van der Waals surface area (Å²) in [6.45, 7) is 5.99. The van der Waals surface area contributed by atoms with E-state index in [0.717, 1.165) is 41.5 Å². The van der Waals surface area contributed by atoms with Crippen LogP contribution in [-0.4, -0.2) is 32.1 Å². The Kier molecular flexibility index (Phi) is 3.56. The lowest BCUT2D eigenvalue weighted by Crippen LogP contribution is -2.34. The van der Waals surface area contributed by atoms with Gasteiger partial charge in [-0.2, -0.15) is 5.10 Å². The maximum Gasteiger partial charge on any atom is 0.219 e. The van der Waals surface area contributed by atoms with Gasteiger partial charge in [0.15, 0.2) is 0 Å². The molecule has 0 fully saturated rings. The van der Waals surface area contributed by atoms with Crippen molar-refractivity contribution in [2.75, 3.05) is 6.54 Å². The molecule has 24 heavy (non-hydrogen) atoms. The van der Waals surface area contributed by atoms with Crippen LogP contribution in [0.3, 0.4) is 0 Å². The van der Waals surface area contributed by atoms with Gasteiger partial charge in [0.2, 0.25) is 5.91 Å². The predicted octanol–water partition coefficient (Wildman–Crippen LogP) is 3.02. The Morgan fingerprint density at radius 3 is 2.96 bits per heavy atom. The third-order valence-corrected chi connectivity index (χ3v) is 4.82. The summed E-state index contributed by atoms with van der Waals surface area (Å²) < 4.78 is 2.08. The van der Waals surface area contributed by atoms with Crippen molar-refractivity contribution in [2.45, 2.75) is 33.4 Å². The summed E-state index contributed by atoms with van der Waals surface area (Å²) >= 11 is 0. The number of hydrogen-bond donors (Lipinski definition) is 0. The number of hydrogen-bond acceptors (Lipinski definition) is 3. The Bertz CT molecular complexity index is 923. The van der Waals surface area contributed by atoms with E-state index >= 15 is 0 Å². The van der Waals surface area contributed by atoms with Gasteiger partial charge in [-0.3, -0.25) is 14.5 Å². The van der Waals surface area contributed by atoms with Gasteiger partial charge in [-0.1, -0.05) is 18.2 Å². The molecule has 122 valence electrons. The van der Waals surface area contributed by atoms with Gasteiger partial charge < -0.3 is 4.90 Å². The molecule has 1 aliphatic heterocycles. The number of aryl methyl sites for hydroxylation is 1. The van der Waals surface area contributed by atoms with Crippen LogP contribution in [0.1, 0.15) is 25.1 Å². The van der Waals surface area contributed by atoms with Crippen molar-refractivity contribution in [3.8, 4) is 11.3 Å². The molecule has 1 aromatic carbocycles. The van der Waals surface area contributed by atoms with E-state index in [9.17, 15) is 4.79 Å². The van der Waals surface area contributed by atoms with E-state index in [0.29, 0.717) is 6.54 Å². The SMILES string of the molecule is CCn1nc(-c2cccc3ccncc23)c2c1CCN(C(C)=O)C2. The minimum atomic E-state index is 0.121. The number of fused-ring (bicyclic) bond motifs is 2. The molecule has 2 aromatic heterocycles. The lowest BCUT2D eigenvalue weighted by atomic mass is 9.97. The first-order valence-electron chi connectivity index (χ1n) is 8.36.